The summed E-state index contributed by atoms with van der Waals surface area (Å²) >= 11 is 6.86. The first-order valence-electron chi connectivity index (χ1n) is 7.00. The molecule has 128 valence electrons. The third-order valence-corrected chi connectivity index (χ3v) is 6.28. The molecule has 25 heavy (non-hydrogen) atoms. The Labute approximate surface area is 161 Å². The van der Waals surface area contributed by atoms with Gasteiger partial charge >= 0.3 is 0 Å². The molecular weight excluding hydrogens is 475 g/mol. The fraction of sp³-hybridized carbons (Fsp3) is 0. The van der Waals surface area contributed by atoms with Crippen molar-refractivity contribution in [3.63, 3.8) is 0 Å². The van der Waals surface area contributed by atoms with E-state index < -0.39 is 15.8 Å². The zero-order valence-corrected chi connectivity index (χ0v) is 16.6. The lowest BCUT2D eigenvalue weighted by atomic mass is 9.99. The molecule has 0 spiro atoms. The molecule has 0 aliphatic rings. The van der Waals surface area contributed by atoms with Crippen LogP contribution >= 0.6 is 31.9 Å². The number of nitrogens with two attached hydrogens (primary N) is 1. The maximum absolute atomic E-state index is 13.9. The van der Waals surface area contributed by atoms with Crippen LogP contribution < -0.4 is 5.14 Å². The second-order valence-electron chi connectivity index (χ2n) is 5.25. The number of sulfonamides is 1. The summed E-state index contributed by atoms with van der Waals surface area (Å²) in [4.78, 5) is 4.02. The number of hydrogen-bond donors (Lipinski definition) is 1. The van der Waals surface area contributed by atoms with Crippen LogP contribution in [0.2, 0.25) is 0 Å². The highest BCUT2D eigenvalue weighted by Crippen LogP contribution is 2.34. The zero-order valence-electron chi connectivity index (χ0n) is 12.6. The quantitative estimate of drug-likeness (QED) is 0.582. The van der Waals surface area contributed by atoms with Crippen molar-refractivity contribution in [3.05, 3.63) is 69.5 Å². The molecule has 0 fully saturated rings. The predicted molar refractivity (Wildman–Crippen MR) is 102 cm³/mol. The Hall–Kier alpha value is -1.61. The van der Waals surface area contributed by atoms with E-state index in [1.807, 2.05) is 24.3 Å². The molecule has 0 amide bonds. The van der Waals surface area contributed by atoms with Gasteiger partial charge in [0.15, 0.2) is 0 Å². The van der Waals surface area contributed by atoms with Gasteiger partial charge in [0.2, 0.25) is 10.0 Å². The lowest BCUT2D eigenvalue weighted by molar-refractivity contribution is 0.592. The fourth-order valence-corrected chi connectivity index (χ4v) is 3.59. The first-order valence-corrected chi connectivity index (χ1v) is 10.1. The summed E-state index contributed by atoms with van der Waals surface area (Å²) in [6.45, 7) is 0. The molecule has 3 rings (SSSR count). The molecule has 0 saturated carbocycles. The van der Waals surface area contributed by atoms with E-state index in [4.69, 9.17) is 5.14 Å². The summed E-state index contributed by atoms with van der Waals surface area (Å²) in [6, 6.07) is 12.7. The largest absolute Gasteiger partial charge is 0.256 e. The molecule has 4 nitrogen and oxygen atoms in total. The van der Waals surface area contributed by atoms with Crippen LogP contribution in [-0.4, -0.2) is 13.4 Å². The van der Waals surface area contributed by atoms with Gasteiger partial charge in [-0.2, -0.15) is 0 Å². The van der Waals surface area contributed by atoms with Gasteiger partial charge in [-0.3, -0.25) is 4.98 Å². The fourth-order valence-electron chi connectivity index (χ4n) is 2.40. The number of rotatable bonds is 3. The van der Waals surface area contributed by atoms with E-state index in [0.29, 0.717) is 11.3 Å². The van der Waals surface area contributed by atoms with Gasteiger partial charge in [0, 0.05) is 26.3 Å². The number of pyridine rings is 1. The Morgan fingerprint density at radius 1 is 0.960 bits per heavy atom. The topological polar surface area (TPSA) is 73.1 Å². The van der Waals surface area contributed by atoms with Gasteiger partial charge in [0.1, 0.15) is 5.82 Å². The Kier molecular flexibility index (Phi) is 5.06. The van der Waals surface area contributed by atoms with Gasteiger partial charge in [-0.1, -0.05) is 12.1 Å². The van der Waals surface area contributed by atoms with Crippen LogP contribution in [0, 0.1) is 5.82 Å². The molecule has 1 aromatic heterocycles. The third kappa shape index (κ3) is 3.98. The molecule has 0 atom stereocenters. The van der Waals surface area contributed by atoms with E-state index in [2.05, 4.69) is 36.8 Å². The third-order valence-electron chi connectivity index (χ3n) is 3.51. The second-order valence-corrected chi connectivity index (χ2v) is 8.52. The van der Waals surface area contributed by atoms with E-state index in [1.165, 1.54) is 12.1 Å². The molecule has 8 heteroatoms. The first-order chi connectivity index (χ1) is 11.8. The minimum Gasteiger partial charge on any atom is -0.256 e. The Balaban J connectivity index is 2.23. The molecular formula is C17H11Br2FN2O2S. The predicted octanol–water partition coefficient (Wildman–Crippen LogP) is 4.73. The molecule has 0 radical (unpaired) electrons. The molecule has 1 heterocycles. The van der Waals surface area contributed by atoms with Crippen molar-refractivity contribution in [1.29, 1.82) is 0 Å². The van der Waals surface area contributed by atoms with E-state index in [0.717, 1.165) is 26.1 Å². The summed E-state index contributed by atoms with van der Waals surface area (Å²) in [5, 5.41) is 5.13. The van der Waals surface area contributed by atoms with Crippen molar-refractivity contribution in [2.75, 3.05) is 0 Å². The highest BCUT2D eigenvalue weighted by atomic mass is 79.9. The molecule has 3 aromatic rings. The molecule has 0 unspecified atom stereocenters. The summed E-state index contributed by atoms with van der Waals surface area (Å²) < 4.78 is 38.8. The average Bonchev–Trinajstić information content (AvgIpc) is 2.56. The maximum Gasteiger partial charge on any atom is 0.238 e. The van der Waals surface area contributed by atoms with Crippen LogP contribution in [0.25, 0.3) is 22.4 Å². The van der Waals surface area contributed by atoms with Crippen LogP contribution in [0.3, 0.4) is 0 Å². The summed E-state index contributed by atoms with van der Waals surface area (Å²) in [6.07, 6.45) is 1.56. The van der Waals surface area contributed by atoms with Crippen molar-refractivity contribution < 1.29 is 12.8 Å². The van der Waals surface area contributed by atoms with Crippen molar-refractivity contribution in [2.24, 2.45) is 5.14 Å². The standard InChI is InChI=1S/C17H11Br2FN2O2S/c18-15-4-3-10(8-16(15)19)14-2-1-5-22-17(14)11-6-12(20)9-13(7-11)25(21,23)24/h1-9H,(H2,21,23,24). The highest BCUT2D eigenvalue weighted by Gasteiger charge is 2.15. The van der Waals surface area contributed by atoms with Crippen molar-refractivity contribution >= 4 is 41.9 Å². The number of aromatic nitrogens is 1. The molecule has 2 N–H and O–H groups in total. The van der Waals surface area contributed by atoms with E-state index in [1.54, 1.807) is 12.3 Å². The number of benzene rings is 2. The smallest absolute Gasteiger partial charge is 0.238 e. The van der Waals surface area contributed by atoms with Crippen LogP contribution in [-0.2, 0) is 10.0 Å². The lowest BCUT2D eigenvalue weighted by Gasteiger charge is -2.11. The lowest BCUT2D eigenvalue weighted by Crippen LogP contribution is -2.12. The van der Waals surface area contributed by atoms with E-state index in [9.17, 15) is 12.8 Å². The Morgan fingerprint density at radius 3 is 2.40 bits per heavy atom. The Morgan fingerprint density at radius 2 is 1.72 bits per heavy atom. The van der Waals surface area contributed by atoms with E-state index in [-0.39, 0.29) is 4.90 Å². The normalized spacial score (nSPS) is 11.5. The second kappa shape index (κ2) is 6.95. The van der Waals surface area contributed by atoms with Crippen LogP contribution in [0.4, 0.5) is 4.39 Å². The number of hydrogen-bond acceptors (Lipinski definition) is 3. The van der Waals surface area contributed by atoms with Gasteiger partial charge in [0.25, 0.3) is 0 Å². The molecule has 0 aliphatic carbocycles. The van der Waals surface area contributed by atoms with Crippen molar-refractivity contribution in [2.45, 2.75) is 4.90 Å². The minimum atomic E-state index is -4.03. The average molecular weight is 486 g/mol. The molecule has 0 bridgehead atoms. The summed E-state index contributed by atoms with van der Waals surface area (Å²) in [7, 11) is -4.03. The number of primary sulfonamides is 1. The Bertz CT molecular complexity index is 1070. The first kappa shape index (κ1) is 18.2. The maximum atomic E-state index is 13.9. The molecule has 0 aliphatic heterocycles. The monoisotopic (exact) mass is 484 g/mol. The summed E-state index contributed by atoms with van der Waals surface area (Å²) in [5.41, 5.74) is 2.38. The van der Waals surface area contributed by atoms with E-state index >= 15 is 0 Å². The zero-order chi connectivity index (χ0) is 18.2. The summed E-state index contributed by atoms with van der Waals surface area (Å²) in [5.74, 6) is -0.699. The van der Waals surface area contributed by atoms with Gasteiger partial charge < -0.3 is 0 Å². The van der Waals surface area contributed by atoms with Crippen molar-refractivity contribution in [3.8, 4) is 22.4 Å². The van der Waals surface area contributed by atoms with Gasteiger partial charge in [-0.15, -0.1) is 0 Å². The number of halogens is 3. The van der Waals surface area contributed by atoms with Crippen LogP contribution in [0.15, 0.2) is 68.6 Å². The minimum absolute atomic E-state index is 0.295. The van der Waals surface area contributed by atoms with Crippen molar-refractivity contribution in [1.82, 2.24) is 4.98 Å². The van der Waals surface area contributed by atoms with Crippen LogP contribution in [0.1, 0.15) is 0 Å². The highest BCUT2D eigenvalue weighted by molar-refractivity contribution is 9.13. The van der Waals surface area contributed by atoms with Gasteiger partial charge in [0.05, 0.1) is 10.6 Å². The van der Waals surface area contributed by atoms with Gasteiger partial charge in [-0.05, 0) is 73.8 Å². The molecule has 0 saturated heterocycles. The molecule has 2 aromatic carbocycles. The number of nitrogens with zero attached hydrogens (tertiary/aromatic N) is 1. The SMILES string of the molecule is NS(=O)(=O)c1cc(F)cc(-c2ncccc2-c2ccc(Br)c(Br)c2)c1. The van der Waals surface area contributed by atoms with Crippen LogP contribution in [0.5, 0.6) is 0 Å². The van der Waals surface area contributed by atoms with Gasteiger partial charge in [-0.25, -0.2) is 17.9 Å².